The van der Waals surface area contributed by atoms with E-state index in [4.69, 9.17) is 4.74 Å². The van der Waals surface area contributed by atoms with Crippen LogP contribution >= 0.6 is 0 Å². The highest BCUT2D eigenvalue weighted by Crippen LogP contribution is 2.40. The minimum Gasteiger partial charge on any atom is -0.462 e. The largest absolute Gasteiger partial charge is 0.462 e. The van der Waals surface area contributed by atoms with E-state index in [9.17, 15) is 10.1 Å². The minimum absolute atomic E-state index is 0.300. The van der Waals surface area contributed by atoms with Gasteiger partial charge in [0.05, 0.1) is 23.8 Å². The average molecular weight is 291 g/mol. The summed E-state index contributed by atoms with van der Waals surface area (Å²) in [5, 5.41) is 9.32. The van der Waals surface area contributed by atoms with E-state index >= 15 is 0 Å². The molecule has 1 aliphatic rings. The number of rotatable bonds is 4. The fourth-order valence-corrected chi connectivity index (χ4v) is 2.91. The van der Waals surface area contributed by atoms with E-state index in [1.807, 2.05) is 24.3 Å². The predicted octanol–water partition coefficient (Wildman–Crippen LogP) is 4.09. The lowest BCUT2D eigenvalue weighted by molar-refractivity contribution is 0.0500. The maximum absolute atomic E-state index is 12.4. The van der Waals surface area contributed by atoms with Gasteiger partial charge in [0.2, 0.25) is 0 Å². The van der Waals surface area contributed by atoms with E-state index in [2.05, 4.69) is 13.0 Å². The number of carbonyl (C=O) groups excluding carboxylic acids is 1. The first-order valence-electron chi connectivity index (χ1n) is 7.57. The minimum atomic E-state index is -0.300. The smallest absolute Gasteiger partial charge is 0.338 e. The summed E-state index contributed by atoms with van der Waals surface area (Å²) in [6.07, 6.45) is 2.55. The highest BCUT2D eigenvalue weighted by Gasteiger charge is 2.27. The topological polar surface area (TPSA) is 50.1 Å². The van der Waals surface area contributed by atoms with Gasteiger partial charge < -0.3 is 4.74 Å². The number of unbranched alkanes of at least 4 members (excludes halogenated alkanes) is 1. The zero-order chi connectivity index (χ0) is 15.5. The van der Waals surface area contributed by atoms with E-state index in [1.165, 1.54) is 0 Å². The summed E-state index contributed by atoms with van der Waals surface area (Å²) in [5.74, 6) is -0.300. The van der Waals surface area contributed by atoms with Gasteiger partial charge in [0.15, 0.2) is 0 Å². The first kappa shape index (κ1) is 14.3. The van der Waals surface area contributed by atoms with Crippen molar-refractivity contribution in [1.29, 1.82) is 5.26 Å². The van der Waals surface area contributed by atoms with Crippen molar-refractivity contribution in [3.8, 4) is 17.2 Å². The zero-order valence-corrected chi connectivity index (χ0v) is 12.6. The molecule has 0 saturated carbocycles. The lowest BCUT2D eigenvalue weighted by Gasteiger charge is -2.10. The Hall–Kier alpha value is -2.60. The van der Waals surface area contributed by atoms with Crippen LogP contribution in [0.3, 0.4) is 0 Å². The Morgan fingerprint density at radius 2 is 2.09 bits per heavy atom. The van der Waals surface area contributed by atoms with E-state index in [0.29, 0.717) is 24.2 Å². The summed E-state index contributed by atoms with van der Waals surface area (Å²) in [6, 6.07) is 13.7. The van der Waals surface area contributed by atoms with E-state index in [-0.39, 0.29) is 5.97 Å². The van der Waals surface area contributed by atoms with Gasteiger partial charge >= 0.3 is 5.97 Å². The van der Waals surface area contributed by atoms with Gasteiger partial charge in [-0.25, -0.2) is 4.79 Å². The molecule has 0 heterocycles. The van der Waals surface area contributed by atoms with Gasteiger partial charge in [-0.2, -0.15) is 5.26 Å². The van der Waals surface area contributed by atoms with E-state index in [0.717, 1.165) is 35.1 Å². The van der Waals surface area contributed by atoms with Crippen LogP contribution in [-0.4, -0.2) is 12.6 Å². The lowest BCUT2D eigenvalue weighted by atomic mass is 9.96. The Morgan fingerprint density at radius 1 is 1.27 bits per heavy atom. The molecule has 2 aromatic rings. The van der Waals surface area contributed by atoms with Crippen LogP contribution in [0.15, 0.2) is 36.4 Å². The van der Waals surface area contributed by atoms with E-state index < -0.39 is 0 Å². The van der Waals surface area contributed by atoms with Crippen molar-refractivity contribution >= 4 is 5.97 Å². The maximum atomic E-state index is 12.4. The summed E-state index contributed by atoms with van der Waals surface area (Å²) >= 11 is 0. The molecule has 0 radical (unpaired) electrons. The Kier molecular flexibility index (Phi) is 3.93. The summed E-state index contributed by atoms with van der Waals surface area (Å²) < 4.78 is 5.36. The van der Waals surface area contributed by atoms with Gasteiger partial charge in [-0.15, -0.1) is 0 Å². The molecular formula is C19H17NO2. The first-order chi connectivity index (χ1) is 10.8. The Bertz CT molecular complexity index is 771. The molecule has 110 valence electrons. The molecule has 3 heteroatoms. The number of ether oxygens (including phenoxy) is 1. The van der Waals surface area contributed by atoms with Crippen molar-refractivity contribution in [2.45, 2.75) is 26.2 Å². The molecule has 0 saturated heterocycles. The number of esters is 1. The summed E-state index contributed by atoms with van der Waals surface area (Å²) in [7, 11) is 0. The zero-order valence-electron chi connectivity index (χ0n) is 12.6. The van der Waals surface area contributed by atoms with Crippen molar-refractivity contribution < 1.29 is 9.53 Å². The van der Waals surface area contributed by atoms with Gasteiger partial charge in [0, 0.05) is 5.56 Å². The monoisotopic (exact) mass is 291 g/mol. The number of hydrogen-bond donors (Lipinski definition) is 0. The Balaban J connectivity index is 2.06. The highest BCUT2D eigenvalue weighted by molar-refractivity contribution is 6.00. The first-order valence-corrected chi connectivity index (χ1v) is 7.57. The average Bonchev–Trinajstić information content (AvgIpc) is 2.93. The van der Waals surface area contributed by atoms with Crippen LogP contribution in [0, 0.1) is 11.3 Å². The molecule has 1 aliphatic carbocycles. The number of nitrogens with zero attached hydrogens (tertiary/aromatic N) is 1. The molecule has 0 bridgehead atoms. The number of nitriles is 1. The van der Waals surface area contributed by atoms with Gasteiger partial charge in [0.1, 0.15) is 0 Å². The second-order valence-electron chi connectivity index (χ2n) is 5.45. The predicted molar refractivity (Wildman–Crippen MR) is 84.6 cm³/mol. The Labute approximate surface area is 130 Å². The summed E-state index contributed by atoms with van der Waals surface area (Å²) in [5.41, 5.74) is 5.20. The summed E-state index contributed by atoms with van der Waals surface area (Å²) in [6.45, 7) is 2.50. The normalized spacial score (nSPS) is 11.5. The number of carbonyl (C=O) groups is 1. The molecule has 2 aromatic carbocycles. The van der Waals surface area contributed by atoms with Crippen molar-refractivity contribution in [3.05, 3.63) is 58.7 Å². The maximum Gasteiger partial charge on any atom is 0.338 e. The van der Waals surface area contributed by atoms with Gasteiger partial charge in [-0.3, -0.25) is 0 Å². The summed E-state index contributed by atoms with van der Waals surface area (Å²) in [4.78, 5) is 12.4. The number of fused-ring (bicyclic) bond motifs is 3. The van der Waals surface area contributed by atoms with Crippen molar-refractivity contribution in [1.82, 2.24) is 0 Å². The third-order valence-corrected chi connectivity index (χ3v) is 4.04. The molecule has 0 aliphatic heterocycles. The van der Waals surface area contributed by atoms with Gasteiger partial charge in [0.25, 0.3) is 0 Å². The SMILES string of the molecule is CCCCOC(=O)c1ccc(C#N)c2c1-c1ccccc1C2. The molecular weight excluding hydrogens is 274 g/mol. The third-order valence-electron chi connectivity index (χ3n) is 4.04. The third kappa shape index (κ3) is 2.37. The quantitative estimate of drug-likeness (QED) is 0.537. The van der Waals surface area contributed by atoms with Crippen LogP contribution in [-0.2, 0) is 11.2 Å². The second-order valence-corrected chi connectivity index (χ2v) is 5.45. The lowest BCUT2D eigenvalue weighted by Crippen LogP contribution is -2.08. The highest BCUT2D eigenvalue weighted by atomic mass is 16.5. The van der Waals surface area contributed by atoms with Crippen molar-refractivity contribution in [2.24, 2.45) is 0 Å². The molecule has 0 fully saturated rings. The fraction of sp³-hybridized carbons (Fsp3) is 0.263. The fourth-order valence-electron chi connectivity index (χ4n) is 2.91. The molecule has 22 heavy (non-hydrogen) atoms. The Morgan fingerprint density at radius 3 is 2.86 bits per heavy atom. The van der Waals surface area contributed by atoms with Crippen LogP contribution < -0.4 is 0 Å². The van der Waals surface area contributed by atoms with Crippen LogP contribution in [0.25, 0.3) is 11.1 Å². The molecule has 3 nitrogen and oxygen atoms in total. The molecule has 0 unspecified atom stereocenters. The molecule has 0 amide bonds. The van der Waals surface area contributed by atoms with Crippen molar-refractivity contribution in [3.63, 3.8) is 0 Å². The van der Waals surface area contributed by atoms with Gasteiger partial charge in [-0.05, 0) is 41.7 Å². The van der Waals surface area contributed by atoms with Crippen LogP contribution in [0.1, 0.15) is 46.8 Å². The van der Waals surface area contributed by atoms with Crippen LogP contribution in [0.4, 0.5) is 0 Å². The number of benzene rings is 2. The molecule has 0 N–H and O–H groups in total. The number of hydrogen-bond acceptors (Lipinski definition) is 3. The molecule has 0 atom stereocenters. The van der Waals surface area contributed by atoms with Crippen LogP contribution in [0.2, 0.25) is 0 Å². The standard InChI is InChI=1S/C19H17NO2/c1-2-3-10-22-19(21)16-9-8-14(12-20)17-11-13-6-4-5-7-15(13)18(16)17/h4-9H,2-3,10-11H2,1H3. The molecule has 0 aromatic heterocycles. The van der Waals surface area contributed by atoms with E-state index in [1.54, 1.807) is 12.1 Å². The van der Waals surface area contributed by atoms with Crippen molar-refractivity contribution in [2.75, 3.05) is 6.61 Å². The second kappa shape index (κ2) is 6.03. The molecule has 3 rings (SSSR count). The van der Waals surface area contributed by atoms with Gasteiger partial charge in [-0.1, -0.05) is 37.6 Å². The molecule has 0 spiro atoms. The van der Waals surface area contributed by atoms with Crippen LogP contribution in [0.5, 0.6) is 0 Å².